The van der Waals surface area contributed by atoms with Gasteiger partial charge in [0.1, 0.15) is 0 Å². The minimum absolute atomic E-state index is 0.0348. The van der Waals surface area contributed by atoms with Gasteiger partial charge in [0, 0.05) is 12.0 Å². The lowest BCUT2D eigenvalue weighted by Crippen LogP contribution is -2.55. The van der Waals surface area contributed by atoms with Gasteiger partial charge in [-0.1, -0.05) is 57.9 Å². The molecule has 4 aliphatic carbocycles. The van der Waals surface area contributed by atoms with E-state index in [-0.39, 0.29) is 28.3 Å². The molecule has 182 valence electrons. The van der Waals surface area contributed by atoms with Crippen LogP contribution in [0, 0.1) is 39.9 Å². The van der Waals surface area contributed by atoms with E-state index < -0.39 is 11.8 Å². The van der Waals surface area contributed by atoms with Crippen LogP contribution in [0.5, 0.6) is 0 Å². The van der Waals surface area contributed by atoms with Crippen LogP contribution in [0.1, 0.15) is 86.5 Å². The van der Waals surface area contributed by atoms with E-state index >= 15 is 0 Å². The van der Waals surface area contributed by atoms with E-state index in [0.29, 0.717) is 29.7 Å². The van der Waals surface area contributed by atoms with Crippen LogP contribution in [0.2, 0.25) is 0 Å². The predicted octanol–water partition coefficient (Wildman–Crippen LogP) is 5.70. The molecule has 0 bridgehead atoms. The summed E-state index contributed by atoms with van der Waals surface area (Å²) in [6.07, 6.45) is 13.3. The second-order valence-electron chi connectivity index (χ2n) is 13.0. The summed E-state index contributed by atoms with van der Waals surface area (Å²) in [6, 6.07) is 0. The molecule has 4 nitrogen and oxygen atoms in total. The highest BCUT2D eigenvalue weighted by Crippen LogP contribution is 2.67. The van der Waals surface area contributed by atoms with Crippen molar-refractivity contribution in [3.8, 4) is 0 Å². The summed E-state index contributed by atoms with van der Waals surface area (Å²) in [5, 5.41) is 21.6. The van der Waals surface area contributed by atoms with Gasteiger partial charge >= 0.3 is 5.97 Å². The average molecular weight is 455 g/mol. The van der Waals surface area contributed by atoms with E-state index in [0.717, 1.165) is 25.7 Å². The minimum atomic E-state index is -1.48. The molecule has 0 aromatic rings. The molecule has 2 saturated carbocycles. The highest BCUT2D eigenvalue weighted by molar-refractivity contribution is 5.90. The van der Waals surface area contributed by atoms with Crippen LogP contribution in [-0.2, 0) is 9.53 Å². The first-order valence-corrected chi connectivity index (χ1v) is 13.1. The van der Waals surface area contributed by atoms with E-state index in [4.69, 9.17) is 4.74 Å². The summed E-state index contributed by atoms with van der Waals surface area (Å²) in [5.41, 5.74) is 3.84. The lowest BCUT2D eigenvalue weighted by molar-refractivity contribution is -0.182. The van der Waals surface area contributed by atoms with Crippen molar-refractivity contribution in [2.45, 2.75) is 98.4 Å². The van der Waals surface area contributed by atoms with Gasteiger partial charge in [0.2, 0.25) is 5.79 Å². The normalized spacial score (nSPS) is 46.9. The Hall–Kier alpha value is -1.39. The van der Waals surface area contributed by atoms with Crippen LogP contribution < -0.4 is 0 Å². The summed E-state index contributed by atoms with van der Waals surface area (Å²) in [7, 11) is 0. The molecule has 0 spiro atoms. The van der Waals surface area contributed by atoms with Gasteiger partial charge < -0.3 is 14.9 Å². The molecule has 0 saturated heterocycles. The molecule has 2 fully saturated rings. The third kappa shape index (κ3) is 3.26. The van der Waals surface area contributed by atoms with Crippen molar-refractivity contribution >= 4 is 5.97 Å². The Kier molecular flexibility index (Phi) is 5.17. The summed E-state index contributed by atoms with van der Waals surface area (Å²) >= 11 is 0. The third-order valence-electron chi connectivity index (χ3n) is 10.8. The second-order valence-corrected chi connectivity index (χ2v) is 13.0. The zero-order valence-electron chi connectivity index (χ0n) is 21.3. The Morgan fingerprint density at radius 3 is 2.52 bits per heavy atom. The first-order valence-electron chi connectivity index (χ1n) is 13.1. The van der Waals surface area contributed by atoms with Crippen molar-refractivity contribution in [3.05, 3.63) is 34.9 Å². The zero-order chi connectivity index (χ0) is 24.0. The molecule has 33 heavy (non-hydrogen) atoms. The number of esters is 1. The summed E-state index contributed by atoms with van der Waals surface area (Å²) < 4.78 is 5.31. The standard InChI is InChI=1S/C29H42O4/c1-17(15-29(32)16-18(2)25(31)33-29)20-8-9-21-19-7-10-23-26(3,4)24(30)12-14-28(23,6)22(19)11-13-27(20,21)5/h8,11,16-17,19,21,23-24,30,32H,7,9-10,12-15H2,1-6H3/t17-,19-,21+,23-,24+,27-,28+,29?/m0/s1. The monoisotopic (exact) mass is 454 g/mol. The van der Waals surface area contributed by atoms with Crippen LogP contribution in [0.3, 0.4) is 0 Å². The Bertz CT molecular complexity index is 957. The molecule has 0 amide bonds. The maximum atomic E-state index is 11.9. The van der Waals surface area contributed by atoms with Crippen molar-refractivity contribution < 1.29 is 19.7 Å². The fourth-order valence-electron chi connectivity index (χ4n) is 9.04. The maximum absolute atomic E-state index is 11.9. The quantitative estimate of drug-likeness (QED) is 0.424. The molecule has 5 aliphatic rings. The predicted molar refractivity (Wildman–Crippen MR) is 129 cm³/mol. The molecular formula is C29H42O4. The lowest BCUT2D eigenvalue weighted by Gasteiger charge is -2.61. The summed E-state index contributed by atoms with van der Waals surface area (Å²) in [5.74, 6) is -0.0107. The molecule has 1 unspecified atom stereocenters. The van der Waals surface area contributed by atoms with Gasteiger partial charge in [-0.2, -0.15) is 0 Å². The fraction of sp³-hybridized carbons (Fsp3) is 0.759. The number of rotatable bonds is 3. The van der Waals surface area contributed by atoms with Gasteiger partial charge in [-0.15, -0.1) is 0 Å². The molecule has 8 atom stereocenters. The minimum Gasteiger partial charge on any atom is -0.426 e. The summed E-state index contributed by atoms with van der Waals surface area (Å²) in [6.45, 7) is 13.3. The number of carbonyl (C=O) groups excluding carboxylic acids is 1. The zero-order valence-corrected chi connectivity index (χ0v) is 21.3. The van der Waals surface area contributed by atoms with E-state index in [1.807, 2.05) is 0 Å². The largest absolute Gasteiger partial charge is 0.426 e. The Labute approximate surface area is 199 Å². The van der Waals surface area contributed by atoms with Crippen molar-refractivity contribution in [1.29, 1.82) is 0 Å². The number of aliphatic hydroxyl groups excluding tert-OH is 1. The third-order valence-corrected chi connectivity index (χ3v) is 10.8. The van der Waals surface area contributed by atoms with Crippen molar-refractivity contribution in [1.82, 2.24) is 0 Å². The number of allylic oxidation sites excluding steroid dienone is 4. The summed E-state index contributed by atoms with van der Waals surface area (Å²) in [4.78, 5) is 11.9. The van der Waals surface area contributed by atoms with Gasteiger partial charge in [0.05, 0.1) is 6.10 Å². The van der Waals surface area contributed by atoms with E-state index in [9.17, 15) is 15.0 Å². The highest BCUT2D eigenvalue weighted by atomic mass is 16.7. The van der Waals surface area contributed by atoms with Crippen LogP contribution in [0.15, 0.2) is 34.9 Å². The average Bonchev–Trinajstić information content (AvgIpc) is 3.20. The molecule has 0 aromatic heterocycles. The topological polar surface area (TPSA) is 66.8 Å². The van der Waals surface area contributed by atoms with Gasteiger partial charge in [-0.05, 0) is 91.4 Å². The molecule has 5 rings (SSSR count). The number of aliphatic hydroxyl groups is 2. The van der Waals surface area contributed by atoms with Gasteiger partial charge in [0.25, 0.3) is 0 Å². The number of fused-ring (bicyclic) bond motifs is 5. The molecule has 2 N–H and O–H groups in total. The Morgan fingerprint density at radius 2 is 1.85 bits per heavy atom. The van der Waals surface area contributed by atoms with Crippen LogP contribution in [0.4, 0.5) is 0 Å². The number of cyclic esters (lactones) is 1. The number of hydrogen-bond donors (Lipinski definition) is 2. The molecule has 0 aromatic carbocycles. The van der Waals surface area contributed by atoms with Crippen LogP contribution >= 0.6 is 0 Å². The highest BCUT2D eigenvalue weighted by Gasteiger charge is 2.59. The number of ether oxygens (including phenoxy) is 1. The van der Waals surface area contributed by atoms with Gasteiger partial charge in [-0.25, -0.2) is 4.79 Å². The number of hydrogen-bond acceptors (Lipinski definition) is 4. The molecular weight excluding hydrogens is 412 g/mol. The van der Waals surface area contributed by atoms with E-state index in [1.54, 1.807) is 18.6 Å². The Balaban J connectivity index is 1.40. The van der Waals surface area contributed by atoms with Gasteiger partial charge in [-0.3, -0.25) is 0 Å². The van der Waals surface area contributed by atoms with Crippen molar-refractivity contribution in [2.75, 3.05) is 0 Å². The SMILES string of the molecule is CC1=CC(O)(C[C@H](C)C2=CC[C@@H]3[C@@H]4CC[C@H]5C(C)(C)[C@H](O)CC[C@]5(C)C4=CC[C@@]23C)OC1=O. The van der Waals surface area contributed by atoms with Gasteiger partial charge in [0.15, 0.2) is 0 Å². The lowest BCUT2D eigenvalue weighted by atomic mass is 9.44. The number of carbonyl (C=O) groups is 1. The van der Waals surface area contributed by atoms with Crippen LogP contribution in [-0.4, -0.2) is 28.1 Å². The first-order chi connectivity index (χ1) is 15.3. The molecule has 1 heterocycles. The smallest absolute Gasteiger partial charge is 0.336 e. The van der Waals surface area contributed by atoms with E-state index in [2.05, 4.69) is 46.8 Å². The fourth-order valence-corrected chi connectivity index (χ4v) is 9.04. The molecule has 0 radical (unpaired) electrons. The molecule has 4 heteroatoms. The van der Waals surface area contributed by atoms with E-state index in [1.165, 1.54) is 18.4 Å². The first kappa shape index (κ1) is 23.4. The van der Waals surface area contributed by atoms with Crippen LogP contribution in [0.25, 0.3) is 0 Å². The Morgan fingerprint density at radius 1 is 1.12 bits per heavy atom. The van der Waals surface area contributed by atoms with Crippen molar-refractivity contribution in [3.63, 3.8) is 0 Å². The van der Waals surface area contributed by atoms with Crippen molar-refractivity contribution in [2.24, 2.45) is 39.9 Å². The maximum Gasteiger partial charge on any atom is 0.336 e. The molecule has 1 aliphatic heterocycles. The second kappa shape index (κ2) is 7.31.